The molecule has 0 aliphatic carbocycles. The van der Waals surface area contributed by atoms with Gasteiger partial charge in [-0.1, -0.05) is 13.5 Å². The Bertz CT molecular complexity index is 211. The summed E-state index contributed by atoms with van der Waals surface area (Å²) in [5, 5.41) is 0. The first kappa shape index (κ1) is 16.4. The fourth-order valence-electron chi connectivity index (χ4n) is 0.957. The molecule has 1 atom stereocenters. The number of carbonyl (C=O) groups excluding carboxylic acids is 1. The summed E-state index contributed by atoms with van der Waals surface area (Å²) in [4.78, 5) is 20.9. The van der Waals surface area contributed by atoms with Crippen molar-refractivity contribution in [2.75, 3.05) is 0 Å². The SMILES string of the molecule is C=C(C)C(=O)OC(CC)[Si](C)(C)O.[LiH]. The second-order valence-corrected chi connectivity index (χ2v) is 7.69. The summed E-state index contributed by atoms with van der Waals surface area (Å²) in [7, 11) is -2.38. The molecule has 0 fully saturated rings. The molecule has 3 nitrogen and oxygen atoms in total. The van der Waals surface area contributed by atoms with E-state index in [9.17, 15) is 9.59 Å². The molecule has 0 spiro atoms. The number of rotatable bonds is 4. The van der Waals surface area contributed by atoms with Gasteiger partial charge in [-0.25, -0.2) is 4.79 Å². The van der Waals surface area contributed by atoms with Gasteiger partial charge >= 0.3 is 24.8 Å². The Morgan fingerprint density at radius 2 is 2.00 bits per heavy atom. The van der Waals surface area contributed by atoms with Crippen molar-refractivity contribution >= 4 is 33.1 Å². The van der Waals surface area contributed by atoms with Crippen LogP contribution < -0.4 is 0 Å². The van der Waals surface area contributed by atoms with Gasteiger partial charge in [-0.15, -0.1) is 0 Å². The minimum atomic E-state index is -2.38. The van der Waals surface area contributed by atoms with Crippen LogP contribution in [0.15, 0.2) is 12.2 Å². The van der Waals surface area contributed by atoms with Crippen molar-refractivity contribution in [3.8, 4) is 0 Å². The van der Waals surface area contributed by atoms with Gasteiger partial charge in [-0.3, -0.25) is 0 Å². The average molecular weight is 210 g/mol. The third-order valence-electron chi connectivity index (χ3n) is 1.76. The summed E-state index contributed by atoms with van der Waals surface area (Å²) >= 11 is 0. The van der Waals surface area contributed by atoms with Crippen LogP contribution in [0.25, 0.3) is 0 Å². The normalized spacial score (nSPS) is 12.6. The Balaban J connectivity index is 0. The molecule has 5 heteroatoms. The van der Waals surface area contributed by atoms with Gasteiger partial charge in [0, 0.05) is 5.57 Å². The number of esters is 1. The van der Waals surface area contributed by atoms with Crippen molar-refractivity contribution in [1.29, 1.82) is 0 Å². The third kappa shape index (κ3) is 5.66. The first-order valence-corrected chi connectivity index (χ1v) is 7.40. The van der Waals surface area contributed by atoms with Gasteiger partial charge in [-0.05, 0) is 26.4 Å². The van der Waals surface area contributed by atoms with E-state index < -0.39 is 14.3 Å². The zero-order valence-electron chi connectivity index (χ0n) is 8.76. The molecule has 0 aromatic heterocycles. The number of ether oxygens (including phenoxy) is 1. The molecule has 78 valence electrons. The van der Waals surface area contributed by atoms with Gasteiger partial charge < -0.3 is 9.53 Å². The second-order valence-electron chi connectivity index (χ2n) is 3.74. The molecule has 0 amide bonds. The van der Waals surface area contributed by atoms with E-state index in [2.05, 4.69) is 6.58 Å². The molecule has 1 N–H and O–H groups in total. The van der Waals surface area contributed by atoms with Gasteiger partial charge in [-0.2, -0.15) is 0 Å². The van der Waals surface area contributed by atoms with E-state index in [4.69, 9.17) is 4.74 Å². The fraction of sp³-hybridized carbons (Fsp3) is 0.667. The van der Waals surface area contributed by atoms with E-state index in [-0.39, 0.29) is 24.6 Å². The van der Waals surface area contributed by atoms with E-state index in [1.54, 1.807) is 20.0 Å². The molecule has 0 rings (SSSR count). The van der Waals surface area contributed by atoms with Crippen molar-refractivity contribution in [2.45, 2.75) is 39.1 Å². The molecule has 0 bridgehead atoms. The summed E-state index contributed by atoms with van der Waals surface area (Å²) in [5.74, 6) is -0.415. The summed E-state index contributed by atoms with van der Waals surface area (Å²) in [6.45, 7) is 10.5. The number of carbonyl (C=O) groups is 1. The Morgan fingerprint density at radius 1 is 1.57 bits per heavy atom. The van der Waals surface area contributed by atoms with Crippen LogP contribution in [0.3, 0.4) is 0 Å². The fourth-order valence-corrected chi connectivity index (χ4v) is 2.35. The van der Waals surface area contributed by atoms with Crippen LogP contribution in [0.1, 0.15) is 20.3 Å². The van der Waals surface area contributed by atoms with Crippen molar-refractivity contribution in [2.24, 2.45) is 0 Å². The van der Waals surface area contributed by atoms with Crippen LogP contribution in [0.5, 0.6) is 0 Å². The van der Waals surface area contributed by atoms with E-state index in [1.807, 2.05) is 6.92 Å². The monoisotopic (exact) mass is 210 g/mol. The van der Waals surface area contributed by atoms with E-state index in [1.165, 1.54) is 0 Å². The van der Waals surface area contributed by atoms with Crippen LogP contribution in [-0.2, 0) is 9.53 Å². The van der Waals surface area contributed by atoms with Gasteiger partial charge in [0.25, 0.3) is 0 Å². The standard InChI is InChI=1S/C9H18O3Si.Li.H/c1-6-8(13(4,5)11)12-9(10)7(2)3;;/h8,11H,2,6H2,1,3-5H3;;. The molecule has 0 aliphatic rings. The van der Waals surface area contributed by atoms with Crippen LogP contribution >= 0.6 is 0 Å². The first-order valence-electron chi connectivity index (χ1n) is 4.38. The Morgan fingerprint density at radius 3 is 2.21 bits per heavy atom. The number of hydrogen-bond donors (Lipinski definition) is 1. The molecular weight excluding hydrogens is 191 g/mol. The molecule has 14 heavy (non-hydrogen) atoms. The summed E-state index contributed by atoms with van der Waals surface area (Å²) in [5.41, 5.74) is 0.0356. The Labute approximate surface area is 98.8 Å². The molecule has 0 aliphatic heterocycles. The van der Waals surface area contributed by atoms with Gasteiger partial charge in [0.15, 0.2) is 0 Å². The van der Waals surface area contributed by atoms with Crippen LogP contribution in [0, 0.1) is 0 Å². The molecule has 1 unspecified atom stereocenters. The van der Waals surface area contributed by atoms with Crippen molar-refractivity contribution in [1.82, 2.24) is 0 Å². The minimum absolute atomic E-state index is 0. The molecule has 0 radical (unpaired) electrons. The molecule has 0 heterocycles. The van der Waals surface area contributed by atoms with E-state index in [0.29, 0.717) is 12.0 Å². The molecule has 0 aromatic rings. The Kier molecular flexibility index (Phi) is 7.58. The van der Waals surface area contributed by atoms with Crippen molar-refractivity contribution in [3.05, 3.63) is 12.2 Å². The summed E-state index contributed by atoms with van der Waals surface area (Å²) in [6, 6.07) is 0. The van der Waals surface area contributed by atoms with Crippen LogP contribution in [0.4, 0.5) is 0 Å². The van der Waals surface area contributed by atoms with Gasteiger partial charge in [0.05, 0.1) is 0 Å². The molecule has 0 aromatic carbocycles. The number of hydrogen-bond acceptors (Lipinski definition) is 3. The Hall–Kier alpha value is -0.0157. The van der Waals surface area contributed by atoms with Crippen LogP contribution in [0.2, 0.25) is 13.1 Å². The van der Waals surface area contributed by atoms with Crippen molar-refractivity contribution in [3.63, 3.8) is 0 Å². The molecular formula is C9H19LiO3Si. The summed E-state index contributed by atoms with van der Waals surface area (Å²) in [6.07, 6.45) is 0.648. The zero-order chi connectivity index (χ0) is 10.6. The maximum atomic E-state index is 11.1. The summed E-state index contributed by atoms with van der Waals surface area (Å²) < 4.78 is 5.10. The topological polar surface area (TPSA) is 46.5 Å². The molecule has 0 saturated carbocycles. The van der Waals surface area contributed by atoms with Gasteiger partial charge in [0.2, 0.25) is 8.32 Å². The van der Waals surface area contributed by atoms with Gasteiger partial charge in [0.1, 0.15) is 5.73 Å². The third-order valence-corrected chi connectivity index (χ3v) is 3.86. The van der Waals surface area contributed by atoms with E-state index >= 15 is 0 Å². The molecule has 0 saturated heterocycles. The first-order chi connectivity index (χ1) is 5.79. The maximum absolute atomic E-state index is 11.1. The van der Waals surface area contributed by atoms with E-state index in [0.717, 1.165) is 0 Å². The van der Waals surface area contributed by atoms with Crippen molar-refractivity contribution < 1.29 is 14.3 Å². The second kappa shape index (κ2) is 6.46. The predicted molar refractivity (Wildman–Crippen MR) is 61.8 cm³/mol. The predicted octanol–water partition coefficient (Wildman–Crippen LogP) is 0.972. The zero-order valence-corrected chi connectivity index (χ0v) is 9.76. The average Bonchev–Trinajstić information content (AvgIpc) is 1.96. The van der Waals surface area contributed by atoms with Crippen LogP contribution in [-0.4, -0.2) is 43.7 Å². The quantitative estimate of drug-likeness (QED) is 0.427.